The molecule has 3 aromatic rings. The zero-order chi connectivity index (χ0) is 28.4. The number of nitrogens with zero attached hydrogens (tertiary/aromatic N) is 2. The number of hydrogen-bond donors (Lipinski definition) is 0. The molecule has 2 amide bonds. The van der Waals surface area contributed by atoms with Crippen LogP contribution in [0.4, 0.5) is 18.0 Å². The molecule has 204 valence electrons. The summed E-state index contributed by atoms with van der Waals surface area (Å²) < 4.78 is 47.3. The summed E-state index contributed by atoms with van der Waals surface area (Å²) in [5.74, 6) is -2.62. The number of nitro groups is 1. The van der Waals surface area contributed by atoms with E-state index in [1.165, 1.54) is 12.1 Å². The van der Waals surface area contributed by atoms with Gasteiger partial charge in [-0.3, -0.25) is 14.9 Å². The minimum Gasteiger partial charge on any atom is -0.430 e. The van der Waals surface area contributed by atoms with Crippen molar-refractivity contribution in [1.82, 2.24) is 4.90 Å². The van der Waals surface area contributed by atoms with Gasteiger partial charge in [-0.1, -0.05) is 92.7 Å². The number of hydrogen-bond acceptors (Lipinski definition) is 5. The van der Waals surface area contributed by atoms with E-state index in [4.69, 9.17) is 4.74 Å². The number of rotatable bonds is 8. The lowest BCUT2D eigenvalue weighted by molar-refractivity contribution is -0.483. The van der Waals surface area contributed by atoms with Gasteiger partial charge in [0.1, 0.15) is 0 Å². The Morgan fingerprint density at radius 1 is 0.974 bits per heavy atom. The van der Waals surface area contributed by atoms with Crippen LogP contribution in [-0.4, -0.2) is 34.4 Å². The summed E-state index contributed by atoms with van der Waals surface area (Å²) in [6.07, 6.45) is -6.43. The molecule has 7 nitrogen and oxygen atoms in total. The van der Waals surface area contributed by atoms with Gasteiger partial charge in [0.05, 0.1) is 17.5 Å². The van der Waals surface area contributed by atoms with Crippen molar-refractivity contribution in [3.8, 4) is 0 Å². The molecule has 0 spiro atoms. The largest absolute Gasteiger partial charge is 0.430 e. The van der Waals surface area contributed by atoms with Gasteiger partial charge in [-0.25, -0.2) is 9.69 Å². The first-order valence-corrected chi connectivity index (χ1v) is 12.4. The number of alkyl halides is 3. The Labute approximate surface area is 223 Å². The molecule has 0 bridgehead atoms. The second kappa shape index (κ2) is 10.9. The molecule has 1 aliphatic rings. The van der Waals surface area contributed by atoms with Crippen molar-refractivity contribution in [3.05, 3.63) is 117 Å². The fourth-order valence-electron chi connectivity index (χ4n) is 5.44. The first-order valence-electron chi connectivity index (χ1n) is 12.4. The molecule has 1 saturated heterocycles. The molecule has 0 aromatic heterocycles. The van der Waals surface area contributed by atoms with Crippen LogP contribution < -0.4 is 0 Å². The third kappa shape index (κ3) is 5.36. The van der Waals surface area contributed by atoms with E-state index in [1.807, 2.05) is 0 Å². The van der Waals surface area contributed by atoms with Crippen LogP contribution in [0.25, 0.3) is 0 Å². The van der Waals surface area contributed by atoms with E-state index in [0.717, 1.165) is 17.0 Å². The van der Waals surface area contributed by atoms with E-state index in [2.05, 4.69) is 0 Å². The van der Waals surface area contributed by atoms with Crippen molar-refractivity contribution in [1.29, 1.82) is 0 Å². The van der Waals surface area contributed by atoms with Gasteiger partial charge in [0.2, 0.25) is 12.5 Å². The lowest BCUT2D eigenvalue weighted by Crippen LogP contribution is -2.50. The second-order valence-electron chi connectivity index (χ2n) is 9.79. The highest BCUT2D eigenvalue weighted by Gasteiger charge is 2.59. The predicted molar refractivity (Wildman–Crippen MR) is 136 cm³/mol. The van der Waals surface area contributed by atoms with Gasteiger partial charge >= 0.3 is 12.3 Å². The molecule has 4 rings (SSSR count). The van der Waals surface area contributed by atoms with Crippen LogP contribution in [0.2, 0.25) is 0 Å². The van der Waals surface area contributed by atoms with Crippen LogP contribution in [0.3, 0.4) is 0 Å². The third-order valence-electron chi connectivity index (χ3n) is 6.94. The van der Waals surface area contributed by atoms with E-state index in [1.54, 1.807) is 74.5 Å². The molecule has 0 radical (unpaired) electrons. The van der Waals surface area contributed by atoms with Gasteiger partial charge < -0.3 is 4.74 Å². The van der Waals surface area contributed by atoms with Gasteiger partial charge in [0.25, 0.3) is 0 Å². The molecular weight excluding hydrogens is 513 g/mol. The van der Waals surface area contributed by atoms with E-state index in [0.29, 0.717) is 11.1 Å². The summed E-state index contributed by atoms with van der Waals surface area (Å²) in [7, 11) is 0. The molecular formula is C29H27F3N2O5. The van der Waals surface area contributed by atoms with Crippen LogP contribution >= 0.6 is 0 Å². The Morgan fingerprint density at radius 3 is 1.97 bits per heavy atom. The summed E-state index contributed by atoms with van der Waals surface area (Å²) in [6, 6.07) is 21.4. The summed E-state index contributed by atoms with van der Waals surface area (Å²) >= 11 is 0. The van der Waals surface area contributed by atoms with Gasteiger partial charge in [-0.15, -0.1) is 0 Å². The highest BCUT2D eigenvalue weighted by molar-refractivity contribution is 5.95. The summed E-state index contributed by atoms with van der Waals surface area (Å²) in [5, 5.41) is 11.5. The van der Waals surface area contributed by atoms with Crippen molar-refractivity contribution >= 4 is 12.0 Å². The summed E-state index contributed by atoms with van der Waals surface area (Å²) in [4.78, 5) is 38.8. The molecule has 10 heteroatoms. The van der Waals surface area contributed by atoms with Crippen molar-refractivity contribution in [3.63, 3.8) is 0 Å². The SMILES string of the molecule is CC(C)[C@@H]1N(C(=O)C[C@H](C[N+](=O)[O-])c2ccccc2C(F)(F)F)C(=O)OC1(c1ccccc1)c1ccccc1. The number of carbonyl (C=O) groups is 2. The Balaban J connectivity index is 1.80. The molecule has 3 aromatic carbocycles. The zero-order valence-electron chi connectivity index (χ0n) is 21.3. The molecule has 39 heavy (non-hydrogen) atoms. The first kappa shape index (κ1) is 27.8. The van der Waals surface area contributed by atoms with Crippen LogP contribution in [0.5, 0.6) is 0 Å². The highest BCUT2D eigenvalue weighted by atomic mass is 19.4. The van der Waals surface area contributed by atoms with Gasteiger partial charge in [0, 0.05) is 22.5 Å². The third-order valence-corrected chi connectivity index (χ3v) is 6.94. The Morgan fingerprint density at radius 2 is 1.49 bits per heavy atom. The van der Waals surface area contributed by atoms with Gasteiger partial charge in [0.15, 0.2) is 5.60 Å². The van der Waals surface area contributed by atoms with E-state index in [-0.39, 0.29) is 11.5 Å². The van der Waals surface area contributed by atoms with E-state index >= 15 is 0 Å². The lowest BCUT2D eigenvalue weighted by atomic mass is 9.75. The lowest BCUT2D eigenvalue weighted by Gasteiger charge is -2.37. The highest BCUT2D eigenvalue weighted by Crippen LogP contribution is 2.48. The van der Waals surface area contributed by atoms with Crippen LogP contribution in [-0.2, 0) is 21.3 Å². The van der Waals surface area contributed by atoms with Gasteiger partial charge in [-0.05, 0) is 17.5 Å². The van der Waals surface area contributed by atoms with Crippen molar-refractivity contribution in [2.75, 3.05) is 6.54 Å². The zero-order valence-corrected chi connectivity index (χ0v) is 21.3. The van der Waals surface area contributed by atoms with Crippen molar-refractivity contribution < 1.29 is 32.4 Å². The minimum absolute atomic E-state index is 0.350. The smallest absolute Gasteiger partial charge is 0.418 e. The quantitative estimate of drug-likeness (QED) is 0.244. The fraction of sp³-hybridized carbons (Fsp3) is 0.310. The van der Waals surface area contributed by atoms with Gasteiger partial charge in [-0.2, -0.15) is 13.2 Å². The Hall–Kier alpha value is -4.21. The van der Waals surface area contributed by atoms with Crippen LogP contribution in [0.1, 0.15) is 48.4 Å². The molecule has 0 saturated carbocycles. The number of benzene rings is 3. The number of cyclic esters (lactones) is 1. The standard InChI is InChI=1S/C29H27F3N2O5/c1-19(2)26-28(21-11-5-3-6-12-21,22-13-7-4-8-14-22)39-27(36)34(26)25(35)17-20(18-33(37)38)23-15-9-10-16-24(23)29(30,31)32/h3-16,19-20,26H,17-18H2,1-2H3/t20-,26+/m1/s1. The van der Waals surface area contributed by atoms with Crippen LogP contribution in [0, 0.1) is 16.0 Å². The molecule has 0 unspecified atom stereocenters. The summed E-state index contributed by atoms with van der Waals surface area (Å²) in [5.41, 5.74) is -1.60. The number of halogens is 3. The van der Waals surface area contributed by atoms with Crippen molar-refractivity contribution in [2.45, 2.75) is 44.0 Å². The predicted octanol–water partition coefficient (Wildman–Crippen LogP) is 6.40. The minimum atomic E-state index is -4.78. The molecule has 1 aliphatic heterocycles. The Bertz CT molecular complexity index is 1310. The molecule has 1 heterocycles. The monoisotopic (exact) mass is 540 g/mol. The van der Waals surface area contributed by atoms with Crippen molar-refractivity contribution in [2.24, 2.45) is 5.92 Å². The fourth-order valence-corrected chi connectivity index (χ4v) is 5.44. The Kier molecular flexibility index (Phi) is 7.76. The number of imide groups is 1. The van der Waals surface area contributed by atoms with E-state index < -0.39 is 59.2 Å². The maximum Gasteiger partial charge on any atom is 0.418 e. The second-order valence-corrected chi connectivity index (χ2v) is 9.79. The molecule has 1 fully saturated rings. The number of carbonyl (C=O) groups excluding carboxylic acids is 2. The maximum absolute atomic E-state index is 13.8. The number of amides is 2. The first-order chi connectivity index (χ1) is 18.5. The molecule has 0 aliphatic carbocycles. The van der Waals surface area contributed by atoms with E-state index in [9.17, 15) is 32.9 Å². The average molecular weight is 541 g/mol. The average Bonchev–Trinajstić information content (AvgIpc) is 3.23. The topological polar surface area (TPSA) is 89.8 Å². The normalized spacial score (nSPS) is 17.6. The molecule has 2 atom stereocenters. The number of ether oxygens (including phenoxy) is 1. The van der Waals surface area contributed by atoms with Crippen LogP contribution in [0.15, 0.2) is 84.9 Å². The summed E-state index contributed by atoms with van der Waals surface area (Å²) in [6.45, 7) is 2.69. The molecule has 0 N–H and O–H groups in total. The maximum atomic E-state index is 13.8.